The number of likely N-dealkylation sites (N-methyl/N-ethyl adjacent to an activating group) is 1. The fraction of sp³-hybridized carbons (Fsp3) is 0.500. The van der Waals surface area contributed by atoms with Gasteiger partial charge >= 0.3 is 0 Å². The third-order valence-electron chi connectivity index (χ3n) is 3.57. The summed E-state index contributed by atoms with van der Waals surface area (Å²) in [6, 6.07) is 4.87. The van der Waals surface area contributed by atoms with Crippen LogP contribution in [-0.4, -0.2) is 42.4 Å². The van der Waals surface area contributed by atoms with E-state index in [0.29, 0.717) is 12.1 Å². The van der Waals surface area contributed by atoms with Crippen molar-refractivity contribution in [1.82, 2.24) is 9.80 Å². The lowest BCUT2D eigenvalue weighted by molar-refractivity contribution is -0.133. The summed E-state index contributed by atoms with van der Waals surface area (Å²) in [5.74, 6) is -0.285. The number of carbonyl (C=O) groups is 1. The number of nitrogens with two attached hydrogens (primary N) is 1. The van der Waals surface area contributed by atoms with Crippen LogP contribution < -0.4 is 5.73 Å². The van der Waals surface area contributed by atoms with E-state index in [2.05, 4.69) is 0 Å². The maximum Gasteiger partial charge on any atom is 0.239 e. The first-order valence-corrected chi connectivity index (χ1v) is 6.48. The molecular formula is C14H20FN3O. The minimum atomic E-state index is -0.370. The van der Waals surface area contributed by atoms with Gasteiger partial charge in [-0.15, -0.1) is 0 Å². The molecule has 1 aromatic carbocycles. The van der Waals surface area contributed by atoms with Gasteiger partial charge in [0.2, 0.25) is 5.91 Å². The highest BCUT2D eigenvalue weighted by Gasteiger charge is 2.32. The van der Waals surface area contributed by atoms with E-state index >= 15 is 0 Å². The maximum absolute atomic E-state index is 13.9. The van der Waals surface area contributed by atoms with E-state index < -0.39 is 0 Å². The minimum Gasteiger partial charge on any atom is -0.396 e. The number of amides is 1. The van der Waals surface area contributed by atoms with Gasteiger partial charge in [0.15, 0.2) is 5.82 Å². The zero-order valence-corrected chi connectivity index (χ0v) is 11.4. The molecule has 5 heteroatoms. The van der Waals surface area contributed by atoms with Crippen LogP contribution in [0.4, 0.5) is 10.1 Å². The molecule has 1 heterocycles. The van der Waals surface area contributed by atoms with Gasteiger partial charge in [0, 0.05) is 26.2 Å². The highest BCUT2D eigenvalue weighted by molar-refractivity contribution is 5.81. The summed E-state index contributed by atoms with van der Waals surface area (Å²) in [5.41, 5.74) is 6.28. The van der Waals surface area contributed by atoms with Crippen LogP contribution in [0.25, 0.3) is 0 Å². The highest BCUT2D eigenvalue weighted by atomic mass is 19.1. The number of hydrogen-bond acceptors (Lipinski definition) is 3. The quantitative estimate of drug-likeness (QED) is 0.842. The second kappa shape index (κ2) is 5.57. The summed E-state index contributed by atoms with van der Waals surface area (Å²) >= 11 is 0. The Labute approximate surface area is 113 Å². The predicted molar refractivity (Wildman–Crippen MR) is 72.9 cm³/mol. The van der Waals surface area contributed by atoms with Gasteiger partial charge in [0.25, 0.3) is 0 Å². The van der Waals surface area contributed by atoms with Gasteiger partial charge in [-0.2, -0.15) is 0 Å². The predicted octanol–water partition coefficient (Wildman–Crippen LogP) is 1.46. The zero-order valence-electron chi connectivity index (χ0n) is 11.4. The van der Waals surface area contributed by atoms with Crippen molar-refractivity contribution >= 4 is 11.6 Å². The van der Waals surface area contributed by atoms with Crippen LogP contribution in [0.3, 0.4) is 0 Å². The SMILES string of the molecule is CN(C)C(=O)C1CCCN1Cc1cccc(N)c1F. The standard InChI is InChI=1S/C14H20FN3O/c1-17(2)14(19)12-7-4-8-18(12)9-10-5-3-6-11(16)13(10)15/h3,5-6,12H,4,7-9,16H2,1-2H3. The number of benzene rings is 1. The van der Waals surface area contributed by atoms with Gasteiger partial charge in [0.1, 0.15) is 0 Å². The second-order valence-corrected chi connectivity index (χ2v) is 5.18. The van der Waals surface area contributed by atoms with Crippen molar-refractivity contribution in [1.29, 1.82) is 0 Å². The Balaban J connectivity index is 2.14. The second-order valence-electron chi connectivity index (χ2n) is 5.18. The van der Waals surface area contributed by atoms with Gasteiger partial charge in [-0.1, -0.05) is 12.1 Å². The molecule has 19 heavy (non-hydrogen) atoms. The van der Waals surface area contributed by atoms with E-state index in [1.807, 2.05) is 4.90 Å². The number of halogens is 1. The Morgan fingerprint density at radius 2 is 2.26 bits per heavy atom. The molecule has 0 radical (unpaired) electrons. The zero-order chi connectivity index (χ0) is 14.0. The van der Waals surface area contributed by atoms with Crippen LogP contribution in [0.15, 0.2) is 18.2 Å². The Kier molecular flexibility index (Phi) is 4.04. The Morgan fingerprint density at radius 1 is 1.53 bits per heavy atom. The number of hydrogen-bond donors (Lipinski definition) is 1. The first-order chi connectivity index (χ1) is 9.00. The Hall–Kier alpha value is -1.62. The summed E-state index contributed by atoms with van der Waals surface area (Å²) in [7, 11) is 3.50. The van der Waals surface area contributed by atoms with Gasteiger partial charge in [-0.25, -0.2) is 4.39 Å². The van der Waals surface area contributed by atoms with Gasteiger partial charge in [0.05, 0.1) is 11.7 Å². The fourth-order valence-electron chi connectivity index (χ4n) is 2.53. The molecule has 1 unspecified atom stereocenters. The molecule has 1 fully saturated rings. The van der Waals surface area contributed by atoms with Crippen LogP contribution in [0.5, 0.6) is 0 Å². The minimum absolute atomic E-state index is 0.0850. The molecule has 0 spiro atoms. The van der Waals surface area contributed by atoms with E-state index in [1.165, 1.54) is 0 Å². The molecule has 1 aliphatic heterocycles. The van der Waals surface area contributed by atoms with Crippen molar-refractivity contribution in [2.45, 2.75) is 25.4 Å². The molecule has 104 valence electrons. The lowest BCUT2D eigenvalue weighted by Gasteiger charge is -2.26. The Morgan fingerprint density at radius 3 is 2.95 bits per heavy atom. The molecule has 4 nitrogen and oxygen atoms in total. The van der Waals surface area contributed by atoms with Crippen LogP contribution in [0.1, 0.15) is 18.4 Å². The van der Waals surface area contributed by atoms with Crippen LogP contribution in [0, 0.1) is 5.82 Å². The average Bonchev–Trinajstić information content (AvgIpc) is 2.82. The summed E-state index contributed by atoms with van der Waals surface area (Å²) in [4.78, 5) is 15.7. The molecule has 1 amide bonds. The van der Waals surface area contributed by atoms with Crippen molar-refractivity contribution in [2.24, 2.45) is 0 Å². The number of carbonyl (C=O) groups excluding carboxylic acids is 1. The summed E-state index contributed by atoms with van der Waals surface area (Å²) < 4.78 is 13.9. The van der Waals surface area contributed by atoms with Gasteiger partial charge in [-0.05, 0) is 25.5 Å². The topological polar surface area (TPSA) is 49.6 Å². The van der Waals surface area contributed by atoms with E-state index in [4.69, 9.17) is 5.73 Å². The first kappa shape index (κ1) is 13.8. The normalized spacial score (nSPS) is 19.6. The molecule has 2 N–H and O–H groups in total. The third kappa shape index (κ3) is 2.87. The smallest absolute Gasteiger partial charge is 0.239 e. The first-order valence-electron chi connectivity index (χ1n) is 6.48. The monoisotopic (exact) mass is 265 g/mol. The molecule has 1 saturated heterocycles. The maximum atomic E-state index is 13.9. The molecule has 0 aromatic heterocycles. The summed E-state index contributed by atoms with van der Waals surface area (Å²) in [6.45, 7) is 1.25. The largest absolute Gasteiger partial charge is 0.396 e. The van der Waals surface area contributed by atoms with Crippen LogP contribution in [-0.2, 0) is 11.3 Å². The van der Waals surface area contributed by atoms with Crippen molar-refractivity contribution < 1.29 is 9.18 Å². The van der Waals surface area contributed by atoms with E-state index in [0.717, 1.165) is 19.4 Å². The molecule has 2 rings (SSSR count). The molecule has 0 saturated carbocycles. The number of rotatable bonds is 3. The number of likely N-dealkylation sites (tertiary alicyclic amines) is 1. The van der Waals surface area contributed by atoms with Crippen molar-refractivity contribution in [2.75, 3.05) is 26.4 Å². The van der Waals surface area contributed by atoms with Gasteiger partial charge < -0.3 is 10.6 Å². The number of nitrogen functional groups attached to an aromatic ring is 1. The van der Waals surface area contributed by atoms with E-state index in [1.54, 1.807) is 37.2 Å². The molecule has 1 aliphatic rings. The summed E-state index contributed by atoms with van der Waals surface area (Å²) in [6.07, 6.45) is 1.80. The molecule has 1 atom stereocenters. The molecular weight excluding hydrogens is 245 g/mol. The van der Waals surface area contributed by atoms with Gasteiger partial charge in [-0.3, -0.25) is 9.69 Å². The lowest BCUT2D eigenvalue weighted by atomic mass is 10.1. The molecule has 1 aromatic rings. The summed E-state index contributed by atoms with van der Waals surface area (Å²) in [5, 5.41) is 0. The van der Waals surface area contributed by atoms with Crippen molar-refractivity contribution in [3.63, 3.8) is 0 Å². The van der Waals surface area contributed by atoms with E-state index in [-0.39, 0.29) is 23.5 Å². The highest BCUT2D eigenvalue weighted by Crippen LogP contribution is 2.23. The van der Waals surface area contributed by atoms with Crippen LogP contribution >= 0.6 is 0 Å². The van der Waals surface area contributed by atoms with Crippen molar-refractivity contribution in [3.05, 3.63) is 29.6 Å². The third-order valence-corrected chi connectivity index (χ3v) is 3.57. The van der Waals surface area contributed by atoms with Crippen molar-refractivity contribution in [3.8, 4) is 0 Å². The number of nitrogens with zero attached hydrogens (tertiary/aromatic N) is 2. The van der Waals surface area contributed by atoms with E-state index in [9.17, 15) is 9.18 Å². The average molecular weight is 265 g/mol. The lowest BCUT2D eigenvalue weighted by Crippen LogP contribution is -2.42. The van der Waals surface area contributed by atoms with Crippen LogP contribution in [0.2, 0.25) is 0 Å². The molecule has 0 bridgehead atoms. The molecule has 0 aliphatic carbocycles. The number of anilines is 1. The Bertz CT molecular complexity index is 476. The fourth-order valence-corrected chi connectivity index (χ4v) is 2.53.